The van der Waals surface area contributed by atoms with Crippen molar-refractivity contribution in [1.29, 1.82) is 0 Å². The van der Waals surface area contributed by atoms with Crippen LogP contribution in [0.2, 0.25) is 0 Å². The molecule has 3 aromatic rings. The summed E-state index contributed by atoms with van der Waals surface area (Å²) < 4.78 is 3.78. The Morgan fingerprint density at radius 3 is 2.63 bits per heavy atom. The first kappa shape index (κ1) is 19.0. The minimum Gasteiger partial charge on any atom is -0.351 e. The number of rotatable bonds is 7. The van der Waals surface area contributed by atoms with Gasteiger partial charge in [0.1, 0.15) is 11.4 Å². The number of amides is 1. The normalized spacial score (nSPS) is 11.0. The lowest BCUT2D eigenvalue weighted by molar-refractivity contribution is 0.0945. The molecule has 2 aromatic heterocycles. The van der Waals surface area contributed by atoms with Crippen LogP contribution in [0.5, 0.6) is 0 Å². The van der Waals surface area contributed by atoms with Crippen LogP contribution in [0.4, 0.5) is 0 Å². The van der Waals surface area contributed by atoms with Gasteiger partial charge in [-0.05, 0) is 50.1 Å². The van der Waals surface area contributed by atoms with Crippen LogP contribution >= 0.6 is 0 Å². The number of hydrogen-bond acceptors (Lipinski definition) is 2. The molecule has 0 fully saturated rings. The van der Waals surface area contributed by atoms with Crippen molar-refractivity contribution < 1.29 is 4.79 Å². The SMILES string of the molecule is CCCCCNC(=O)c1cc(-c2cccn2C)nn1-c1ccc(C)cc1C. The van der Waals surface area contributed by atoms with E-state index in [1.54, 1.807) is 4.68 Å². The Labute approximate surface area is 161 Å². The molecular formula is C22H28N4O. The lowest BCUT2D eigenvalue weighted by atomic mass is 10.1. The fourth-order valence-electron chi connectivity index (χ4n) is 3.29. The van der Waals surface area contributed by atoms with Crippen molar-refractivity contribution >= 4 is 5.91 Å². The highest BCUT2D eigenvalue weighted by Gasteiger charge is 2.19. The highest BCUT2D eigenvalue weighted by atomic mass is 16.2. The molecule has 5 nitrogen and oxygen atoms in total. The summed E-state index contributed by atoms with van der Waals surface area (Å²) in [6.07, 6.45) is 5.22. The van der Waals surface area contributed by atoms with Gasteiger partial charge < -0.3 is 9.88 Å². The molecule has 0 saturated carbocycles. The molecule has 1 aromatic carbocycles. The van der Waals surface area contributed by atoms with E-state index < -0.39 is 0 Å². The van der Waals surface area contributed by atoms with Crippen LogP contribution < -0.4 is 5.32 Å². The molecule has 0 aliphatic heterocycles. The summed E-state index contributed by atoms with van der Waals surface area (Å²) in [6.45, 7) is 6.96. The predicted molar refractivity (Wildman–Crippen MR) is 109 cm³/mol. The second-order valence-electron chi connectivity index (χ2n) is 7.08. The Morgan fingerprint density at radius 2 is 1.96 bits per heavy atom. The van der Waals surface area contributed by atoms with Crippen molar-refractivity contribution in [2.45, 2.75) is 40.0 Å². The summed E-state index contributed by atoms with van der Waals surface area (Å²) in [6, 6.07) is 12.1. The van der Waals surface area contributed by atoms with Gasteiger partial charge in [0.05, 0.1) is 11.4 Å². The highest BCUT2D eigenvalue weighted by Crippen LogP contribution is 2.24. The first-order valence-electron chi connectivity index (χ1n) is 9.59. The fourth-order valence-corrected chi connectivity index (χ4v) is 3.29. The number of unbranched alkanes of at least 4 members (excludes halogenated alkanes) is 2. The quantitative estimate of drug-likeness (QED) is 0.631. The van der Waals surface area contributed by atoms with Crippen molar-refractivity contribution in [2.24, 2.45) is 7.05 Å². The molecule has 1 N–H and O–H groups in total. The molecule has 0 saturated heterocycles. The second-order valence-corrected chi connectivity index (χ2v) is 7.08. The van der Waals surface area contributed by atoms with E-state index in [2.05, 4.69) is 38.2 Å². The Balaban J connectivity index is 2.00. The molecule has 27 heavy (non-hydrogen) atoms. The molecule has 3 rings (SSSR count). The van der Waals surface area contributed by atoms with Crippen molar-refractivity contribution in [3.63, 3.8) is 0 Å². The number of hydrogen-bond donors (Lipinski definition) is 1. The molecular weight excluding hydrogens is 336 g/mol. The number of carbonyl (C=O) groups is 1. The predicted octanol–water partition coefficient (Wildman–Crippen LogP) is 4.41. The van der Waals surface area contributed by atoms with Crippen molar-refractivity contribution in [2.75, 3.05) is 6.54 Å². The zero-order valence-corrected chi connectivity index (χ0v) is 16.6. The number of aromatic nitrogens is 3. The van der Waals surface area contributed by atoms with Gasteiger partial charge in [0.2, 0.25) is 0 Å². The summed E-state index contributed by atoms with van der Waals surface area (Å²) in [5.74, 6) is -0.0842. The van der Waals surface area contributed by atoms with Gasteiger partial charge in [-0.3, -0.25) is 4.79 Å². The molecule has 0 radical (unpaired) electrons. The molecule has 0 aliphatic carbocycles. The summed E-state index contributed by atoms with van der Waals surface area (Å²) in [5, 5.41) is 7.82. The minimum atomic E-state index is -0.0842. The van der Waals surface area contributed by atoms with Crippen molar-refractivity contribution in [3.8, 4) is 17.1 Å². The van der Waals surface area contributed by atoms with E-state index in [4.69, 9.17) is 5.10 Å². The van der Waals surface area contributed by atoms with E-state index in [0.29, 0.717) is 12.2 Å². The average molecular weight is 364 g/mol. The van der Waals surface area contributed by atoms with Crippen LogP contribution in [-0.2, 0) is 7.05 Å². The van der Waals surface area contributed by atoms with Gasteiger partial charge in [-0.2, -0.15) is 5.10 Å². The number of aryl methyl sites for hydroxylation is 3. The number of benzene rings is 1. The molecule has 0 atom stereocenters. The van der Waals surface area contributed by atoms with Crippen LogP contribution in [0.1, 0.15) is 47.8 Å². The smallest absolute Gasteiger partial charge is 0.270 e. The van der Waals surface area contributed by atoms with Gasteiger partial charge in [-0.1, -0.05) is 37.5 Å². The van der Waals surface area contributed by atoms with Crippen molar-refractivity contribution in [3.05, 3.63) is 59.4 Å². The number of nitrogens with zero attached hydrogens (tertiary/aromatic N) is 3. The standard InChI is InChI=1S/C22H28N4O/c1-5-6-7-12-23-22(27)21-15-18(20-9-8-13-25(20)4)24-26(21)19-11-10-16(2)14-17(19)3/h8-11,13-15H,5-7,12H2,1-4H3,(H,23,27). The third-order valence-corrected chi connectivity index (χ3v) is 4.79. The van der Waals surface area contributed by atoms with Gasteiger partial charge in [-0.15, -0.1) is 0 Å². The molecule has 142 valence electrons. The number of nitrogens with one attached hydrogen (secondary N) is 1. The van der Waals surface area contributed by atoms with Crippen LogP contribution in [0.15, 0.2) is 42.6 Å². The maximum atomic E-state index is 12.9. The topological polar surface area (TPSA) is 51.9 Å². The van der Waals surface area contributed by atoms with Crippen LogP contribution in [-0.4, -0.2) is 26.8 Å². The summed E-state index contributed by atoms with van der Waals surface area (Å²) >= 11 is 0. The zero-order chi connectivity index (χ0) is 19.4. The van der Waals surface area contributed by atoms with Crippen molar-refractivity contribution in [1.82, 2.24) is 19.7 Å². The maximum absolute atomic E-state index is 12.9. The lowest BCUT2D eigenvalue weighted by Crippen LogP contribution is -2.27. The van der Waals surface area contributed by atoms with Gasteiger partial charge >= 0.3 is 0 Å². The molecule has 2 heterocycles. The first-order valence-corrected chi connectivity index (χ1v) is 9.59. The van der Waals surface area contributed by atoms with E-state index in [1.807, 2.05) is 42.1 Å². The molecule has 0 bridgehead atoms. The molecule has 0 spiro atoms. The van der Waals surface area contributed by atoms with Gasteiger partial charge in [-0.25, -0.2) is 4.68 Å². The Morgan fingerprint density at radius 1 is 1.15 bits per heavy atom. The Bertz CT molecular complexity index is 936. The van der Waals surface area contributed by atoms with Gasteiger partial charge in [0.15, 0.2) is 0 Å². The average Bonchev–Trinajstić information content (AvgIpc) is 3.25. The van der Waals surface area contributed by atoms with Gasteiger partial charge in [0.25, 0.3) is 5.91 Å². The summed E-state index contributed by atoms with van der Waals surface area (Å²) in [7, 11) is 1.98. The maximum Gasteiger partial charge on any atom is 0.270 e. The second kappa shape index (κ2) is 8.25. The third-order valence-electron chi connectivity index (χ3n) is 4.79. The van der Waals surface area contributed by atoms with Crippen LogP contribution in [0.25, 0.3) is 17.1 Å². The van der Waals surface area contributed by atoms with E-state index in [-0.39, 0.29) is 5.91 Å². The largest absolute Gasteiger partial charge is 0.351 e. The van der Waals surface area contributed by atoms with Gasteiger partial charge in [0, 0.05) is 19.8 Å². The van der Waals surface area contributed by atoms with E-state index in [0.717, 1.165) is 41.9 Å². The zero-order valence-electron chi connectivity index (χ0n) is 16.6. The summed E-state index contributed by atoms with van der Waals surface area (Å²) in [5.41, 5.74) is 5.56. The molecule has 0 aliphatic rings. The molecule has 0 unspecified atom stereocenters. The fraction of sp³-hybridized carbons (Fsp3) is 0.364. The minimum absolute atomic E-state index is 0.0842. The molecule has 5 heteroatoms. The highest BCUT2D eigenvalue weighted by molar-refractivity contribution is 5.94. The van der Waals surface area contributed by atoms with Crippen LogP contribution in [0, 0.1) is 13.8 Å². The molecule has 1 amide bonds. The lowest BCUT2D eigenvalue weighted by Gasteiger charge is -2.11. The monoisotopic (exact) mass is 364 g/mol. The Kier molecular flexibility index (Phi) is 5.79. The Hall–Kier alpha value is -2.82. The van der Waals surface area contributed by atoms with Crippen LogP contribution in [0.3, 0.4) is 0 Å². The summed E-state index contributed by atoms with van der Waals surface area (Å²) in [4.78, 5) is 12.9. The van der Waals surface area contributed by atoms with E-state index >= 15 is 0 Å². The number of carbonyl (C=O) groups excluding carboxylic acids is 1. The third kappa shape index (κ3) is 4.13. The van der Waals surface area contributed by atoms with E-state index in [1.165, 1.54) is 5.56 Å². The van der Waals surface area contributed by atoms with E-state index in [9.17, 15) is 4.79 Å². The first-order chi connectivity index (χ1) is 13.0.